The van der Waals surface area contributed by atoms with Crippen molar-refractivity contribution < 1.29 is 24.2 Å². The molecule has 0 aliphatic carbocycles. The van der Waals surface area contributed by atoms with Crippen molar-refractivity contribution in [2.24, 2.45) is 0 Å². The number of nitrogens with one attached hydrogen (secondary N) is 2. The summed E-state index contributed by atoms with van der Waals surface area (Å²) < 4.78 is 4.56. The van der Waals surface area contributed by atoms with Gasteiger partial charge in [-0.3, -0.25) is 10.1 Å². The van der Waals surface area contributed by atoms with Crippen LogP contribution in [0.4, 0.5) is 4.79 Å². The first-order chi connectivity index (χ1) is 9.92. The van der Waals surface area contributed by atoms with Crippen molar-refractivity contribution in [3.8, 4) is 0 Å². The quantitative estimate of drug-likeness (QED) is 0.681. The second-order valence-corrected chi connectivity index (χ2v) is 5.30. The van der Waals surface area contributed by atoms with E-state index in [2.05, 4.69) is 15.0 Å². The molecule has 21 heavy (non-hydrogen) atoms. The molecule has 0 aliphatic heterocycles. The van der Waals surface area contributed by atoms with Crippen LogP contribution in [-0.4, -0.2) is 41.2 Å². The normalized spacial score (nSPS) is 11.7. The lowest BCUT2D eigenvalue weighted by atomic mass is 10.3. The Hall–Kier alpha value is -2.00. The van der Waals surface area contributed by atoms with E-state index in [0.717, 1.165) is 16.3 Å². The number of aromatic nitrogens is 1. The SMILES string of the molecule is CCc1cnc(C(C)NC(=O)NC(=O)COCC(=O)O)s1. The number of aliphatic carboxylic acids is 1. The molecule has 0 spiro atoms. The summed E-state index contributed by atoms with van der Waals surface area (Å²) >= 11 is 1.49. The molecule has 1 atom stereocenters. The summed E-state index contributed by atoms with van der Waals surface area (Å²) in [6, 6.07) is -1.01. The maximum Gasteiger partial charge on any atom is 0.329 e. The second kappa shape index (κ2) is 8.32. The highest BCUT2D eigenvalue weighted by Gasteiger charge is 2.15. The predicted molar refractivity (Wildman–Crippen MR) is 75.0 cm³/mol. The number of carboxylic acids is 1. The summed E-state index contributed by atoms with van der Waals surface area (Å²) in [5, 5.41) is 13.7. The van der Waals surface area contributed by atoms with Crippen LogP contribution < -0.4 is 10.6 Å². The predicted octanol–water partition coefficient (Wildman–Crippen LogP) is 0.693. The zero-order chi connectivity index (χ0) is 15.8. The summed E-state index contributed by atoms with van der Waals surface area (Å²) in [5.41, 5.74) is 0. The molecule has 0 saturated heterocycles. The molecular weight excluding hydrogens is 298 g/mol. The van der Waals surface area contributed by atoms with Crippen LogP contribution in [0.2, 0.25) is 0 Å². The molecule has 0 bridgehead atoms. The van der Waals surface area contributed by atoms with Crippen molar-refractivity contribution >= 4 is 29.2 Å². The molecule has 0 saturated carbocycles. The van der Waals surface area contributed by atoms with Gasteiger partial charge in [0.1, 0.15) is 18.2 Å². The molecular formula is C12H17N3O5S. The number of rotatable bonds is 7. The van der Waals surface area contributed by atoms with E-state index in [0.29, 0.717) is 0 Å². The third-order valence-corrected chi connectivity index (χ3v) is 3.67. The van der Waals surface area contributed by atoms with E-state index in [1.54, 1.807) is 13.1 Å². The number of thiazole rings is 1. The van der Waals surface area contributed by atoms with Crippen molar-refractivity contribution in [3.05, 3.63) is 16.1 Å². The van der Waals surface area contributed by atoms with E-state index in [1.807, 2.05) is 12.2 Å². The van der Waals surface area contributed by atoms with Crippen molar-refractivity contribution in [2.75, 3.05) is 13.2 Å². The molecule has 9 heteroatoms. The molecule has 3 N–H and O–H groups in total. The van der Waals surface area contributed by atoms with Gasteiger partial charge in [0.25, 0.3) is 5.91 Å². The van der Waals surface area contributed by atoms with E-state index >= 15 is 0 Å². The molecule has 0 aliphatic rings. The van der Waals surface area contributed by atoms with Gasteiger partial charge >= 0.3 is 12.0 Å². The van der Waals surface area contributed by atoms with E-state index in [9.17, 15) is 14.4 Å². The van der Waals surface area contributed by atoms with E-state index in [4.69, 9.17) is 5.11 Å². The van der Waals surface area contributed by atoms with Gasteiger partial charge in [-0.1, -0.05) is 6.92 Å². The molecule has 116 valence electrons. The molecule has 0 aromatic carbocycles. The highest BCUT2D eigenvalue weighted by Crippen LogP contribution is 2.19. The number of aryl methyl sites for hydroxylation is 1. The first-order valence-electron chi connectivity index (χ1n) is 6.26. The number of carboxylic acid groups (broad SMARTS) is 1. The number of urea groups is 1. The molecule has 0 radical (unpaired) electrons. The fourth-order valence-corrected chi connectivity index (χ4v) is 2.23. The first-order valence-corrected chi connectivity index (χ1v) is 7.08. The van der Waals surface area contributed by atoms with E-state index in [1.165, 1.54) is 11.3 Å². The lowest BCUT2D eigenvalue weighted by Gasteiger charge is -2.11. The van der Waals surface area contributed by atoms with Gasteiger partial charge in [-0.25, -0.2) is 14.6 Å². The maximum absolute atomic E-state index is 11.6. The number of hydrogen-bond donors (Lipinski definition) is 3. The van der Waals surface area contributed by atoms with Crippen LogP contribution in [0.3, 0.4) is 0 Å². The van der Waals surface area contributed by atoms with Crippen molar-refractivity contribution in [1.29, 1.82) is 0 Å². The molecule has 1 rings (SSSR count). The summed E-state index contributed by atoms with van der Waals surface area (Å²) in [5.74, 6) is -1.90. The number of amides is 3. The Morgan fingerprint density at radius 3 is 2.71 bits per heavy atom. The molecule has 1 aromatic heterocycles. The van der Waals surface area contributed by atoms with Gasteiger partial charge in [0.05, 0.1) is 6.04 Å². The number of ether oxygens (including phenoxy) is 1. The van der Waals surface area contributed by atoms with Gasteiger partial charge in [0.2, 0.25) is 0 Å². The smallest absolute Gasteiger partial charge is 0.329 e. The minimum absolute atomic E-state index is 0.331. The maximum atomic E-state index is 11.6. The number of imide groups is 1. The number of nitrogens with zero attached hydrogens (tertiary/aromatic N) is 1. The van der Waals surface area contributed by atoms with Crippen LogP contribution in [0.15, 0.2) is 6.20 Å². The van der Waals surface area contributed by atoms with E-state index in [-0.39, 0.29) is 6.04 Å². The summed E-state index contributed by atoms with van der Waals surface area (Å²) in [6.07, 6.45) is 2.62. The zero-order valence-electron chi connectivity index (χ0n) is 11.7. The minimum Gasteiger partial charge on any atom is -0.480 e. The van der Waals surface area contributed by atoms with Crippen LogP contribution in [0.25, 0.3) is 0 Å². The average molecular weight is 315 g/mol. The Morgan fingerprint density at radius 2 is 2.14 bits per heavy atom. The Kier molecular flexibility index (Phi) is 6.76. The Balaban J connectivity index is 2.35. The molecule has 0 fully saturated rings. The van der Waals surface area contributed by atoms with Gasteiger partial charge < -0.3 is 15.2 Å². The average Bonchev–Trinajstić information content (AvgIpc) is 2.86. The molecule has 1 aromatic rings. The zero-order valence-corrected chi connectivity index (χ0v) is 12.5. The van der Waals surface area contributed by atoms with Gasteiger partial charge in [0, 0.05) is 11.1 Å². The Labute approximate surface area is 125 Å². The molecule has 1 unspecified atom stereocenters. The van der Waals surface area contributed by atoms with Crippen molar-refractivity contribution in [1.82, 2.24) is 15.6 Å². The van der Waals surface area contributed by atoms with E-state index < -0.39 is 31.1 Å². The van der Waals surface area contributed by atoms with Crippen LogP contribution in [0.5, 0.6) is 0 Å². The fraction of sp³-hybridized carbons (Fsp3) is 0.500. The second-order valence-electron chi connectivity index (χ2n) is 4.15. The lowest BCUT2D eigenvalue weighted by molar-refractivity contribution is -0.143. The fourth-order valence-electron chi connectivity index (χ4n) is 1.37. The monoisotopic (exact) mass is 315 g/mol. The number of carbonyl (C=O) groups is 3. The summed E-state index contributed by atoms with van der Waals surface area (Å²) in [6.45, 7) is 2.68. The Bertz CT molecular complexity index is 517. The van der Waals surface area contributed by atoms with Gasteiger partial charge in [-0.05, 0) is 13.3 Å². The van der Waals surface area contributed by atoms with Gasteiger partial charge in [-0.2, -0.15) is 0 Å². The standard InChI is InChI=1S/C12H17N3O5S/c1-3-8-4-13-11(21-8)7(2)14-12(19)15-9(16)5-20-6-10(17)18/h4,7H,3,5-6H2,1-2H3,(H,17,18)(H2,14,15,16,19). The highest BCUT2D eigenvalue weighted by molar-refractivity contribution is 7.11. The minimum atomic E-state index is -1.18. The van der Waals surface area contributed by atoms with Crippen LogP contribution in [0.1, 0.15) is 29.8 Å². The van der Waals surface area contributed by atoms with Gasteiger partial charge in [-0.15, -0.1) is 11.3 Å². The van der Waals surface area contributed by atoms with Crippen molar-refractivity contribution in [2.45, 2.75) is 26.3 Å². The number of carbonyl (C=O) groups excluding carboxylic acids is 2. The lowest BCUT2D eigenvalue weighted by Crippen LogP contribution is -2.42. The number of hydrogen-bond acceptors (Lipinski definition) is 6. The molecule has 8 nitrogen and oxygen atoms in total. The molecule has 1 heterocycles. The van der Waals surface area contributed by atoms with Crippen LogP contribution >= 0.6 is 11.3 Å². The molecule has 3 amide bonds. The van der Waals surface area contributed by atoms with Gasteiger partial charge in [0.15, 0.2) is 0 Å². The third kappa shape index (κ3) is 6.32. The van der Waals surface area contributed by atoms with Crippen LogP contribution in [-0.2, 0) is 20.7 Å². The third-order valence-electron chi connectivity index (χ3n) is 2.35. The topological polar surface area (TPSA) is 118 Å². The summed E-state index contributed by atoms with van der Waals surface area (Å²) in [7, 11) is 0. The van der Waals surface area contributed by atoms with Crippen molar-refractivity contribution in [3.63, 3.8) is 0 Å². The summed E-state index contributed by atoms with van der Waals surface area (Å²) in [4.78, 5) is 38.4. The first kappa shape index (κ1) is 17.1. The highest BCUT2D eigenvalue weighted by atomic mass is 32.1. The Morgan fingerprint density at radius 1 is 1.43 bits per heavy atom. The largest absolute Gasteiger partial charge is 0.480 e. The van der Waals surface area contributed by atoms with Crippen LogP contribution in [0, 0.1) is 0 Å².